The van der Waals surface area contributed by atoms with Crippen LogP contribution in [0, 0.1) is 0 Å². The van der Waals surface area contributed by atoms with Gasteiger partial charge in [0, 0.05) is 33.3 Å². The van der Waals surface area contributed by atoms with Crippen molar-refractivity contribution in [1.29, 1.82) is 0 Å². The Balaban J connectivity index is 1.50. The van der Waals surface area contributed by atoms with E-state index in [0.717, 1.165) is 22.5 Å². The standard InChI is InChI=1S/C30H41N9O5/c1-4-13-31-17-27(41)39-21(2)29(42)37(19-25(39)34-30(43)33-16-22-9-6-5-7-10-22)18-23-11-8-12-24-28(23)38(36-35-24)20-26(40)32-14-15-44-3/h4-12,21,25,31,35-36H,1,13-20H2,2-3H3,(H,32,40)(H2,33,34,43)/t21-,25+/m0/s1. The third kappa shape index (κ3) is 8.24. The minimum absolute atomic E-state index is 0.0155. The summed E-state index contributed by atoms with van der Waals surface area (Å²) >= 11 is 0. The molecule has 0 bridgehead atoms. The van der Waals surface area contributed by atoms with Crippen molar-refractivity contribution in [3.8, 4) is 0 Å². The molecule has 6 N–H and O–H groups in total. The largest absolute Gasteiger partial charge is 0.383 e. The van der Waals surface area contributed by atoms with E-state index in [0.29, 0.717) is 26.2 Å². The summed E-state index contributed by atoms with van der Waals surface area (Å²) in [7, 11) is 1.57. The van der Waals surface area contributed by atoms with Crippen molar-refractivity contribution in [2.45, 2.75) is 32.2 Å². The molecule has 2 aromatic rings. The van der Waals surface area contributed by atoms with Gasteiger partial charge < -0.3 is 41.2 Å². The Hall–Kier alpha value is -4.66. The molecule has 14 heteroatoms. The third-order valence-electron chi connectivity index (χ3n) is 7.27. The van der Waals surface area contributed by atoms with Gasteiger partial charge in [-0.3, -0.25) is 19.4 Å². The van der Waals surface area contributed by atoms with Gasteiger partial charge in [-0.15, -0.1) is 12.1 Å². The molecule has 2 aromatic carbocycles. The van der Waals surface area contributed by atoms with E-state index >= 15 is 0 Å². The molecule has 2 atom stereocenters. The zero-order valence-corrected chi connectivity index (χ0v) is 25.1. The Morgan fingerprint density at radius 1 is 1.11 bits per heavy atom. The molecule has 0 saturated carbocycles. The van der Waals surface area contributed by atoms with Crippen LogP contribution in [0.3, 0.4) is 0 Å². The number of anilines is 2. The molecule has 0 radical (unpaired) electrons. The Morgan fingerprint density at radius 3 is 2.66 bits per heavy atom. The lowest BCUT2D eigenvalue weighted by atomic mass is 10.1. The quantitative estimate of drug-likeness (QED) is 0.131. The molecule has 5 amide bonds. The number of benzene rings is 2. The summed E-state index contributed by atoms with van der Waals surface area (Å²) in [5.41, 5.74) is 9.26. The van der Waals surface area contributed by atoms with Gasteiger partial charge in [0.1, 0.15) is 18.8 Å². The second-order valence-electron chi connectivity index (χ2n) is 10.4. The van der Waals surface area contributed by atoms with Crippen molar-refractivity contribution in [2.75, 3.05) is 56.9 Å². The topological polar surface area (TPSA) is 159 Å². The molecule has 0 unspecified atom stereocenters. The molecule has 1 fully saturated rings. The highest BCUT2D eigenvalue weighted by atomic mass is 16.5. The summed E-state index contributed by atoms with van der Waals surface area (Å²) < 4.78 is 5.00. The van der Waals surface area contributed by atoms with Crippen molar-refractivity contribution in [3.05, 3.63) is 72.3 Å². The van der Waals surface area contributed by atoms with Crippen LogP contribution >= 0.6 is 0 Å². The molecule has 236 valence electrons. The maximum Gasteiger partial charge on any atom is 0.316 e. The van der Waals surface area contributed by atoms with Gasteiger partial charge in [0.2, 0.25) is 17.7 Å². The zero-order chi connectivity index (χ0) is 31.5. The Bertz CT molecular complexity index is 1330. The first-order valence-electron chi connectivity index (χ1n) is 14.5. The zero-order valence-electron chi connectivity index (χ0n) is 25.1. The van der Waals surface area contributed by atoms with Gasteiger partial charge in [-0.1, -0.05) is 48.5 Å². The lowest BCUT2D eigenvalue weighted by Crippen LogP contribution is -2.68. The fraction of sp³-hybridized carbons (Fsp3) is 0.400. The van der Waals surface area contributed by atoms with E-state index in [1.807, 2.05) is 48.5 Å². The molecular weight excluding hydrogens is 566 g/mol. The van der Waals surface area contributed by atoms with Crippen LogP contribution in [-0.2, 0) is 32.2 Å². The van der Waals surface area contributed by atoms with E-state index < -0.39 is 18.2 Å². The van der Waals surface area contributed by atoms with Crippen molar-refractivity contribution in [2.24, 2.45) is 0 Å². The molecule has 14 nitrogen and oxygen atoms in total. The van der Waals surface area contributed by atoms with Crippen LogP contribution in [0.25, 0.3) is 0 Å². The van der Waals surface area contributed by atoms with Gasteiger partial charge in [0.25, 0.3) is 0 Å². The van der Waals surface area contributed by atoms with E-state index in [4.69, 9.17) is 4.74 Å². The summed E-state index contributed by atoms with van der Waals surface area (Å²) in [5.74, 6) is -0.780. The molecule has 44 heavy (non-hydrogen) atoms. The summed E-state index contributed by atoms with van der Waals surface area (Å²) in [6.07, 6.45) is 0.855. The van der Waals surface area contributed by atoms with Crippen LogP contribution in [0.5, 0.6) is 0 Å². The molecule has 1 saturated heterocycles. The maximum atomic E-state index is 13.7. The number of carbonyl (C=O) groups is 4. The second kappa shape index (κ2) is 15.7. The number of piperazine rings is 1. The number of ether oxygens (including phenoxy) is 1. The molecular formula is C30H41N9O5. The highest BCUT2D eigenvalue weighted by Gasteiger charge is 2.41. The predicted molar refractivity (Wildman–Crippen MR) is 166 cm³/mol. The van der Waals surface area contributed by atoms with Crippen LogP contribution < -0.4 is 37.2 Å². The lowest BCUT2D eigenvalue weighted by Gasteiger charge is -2.45. The number of methoxy groups -OCH3 is 1. The number of hydrazine groups is 2. The fourth-order valence-electron chi connectivity index (χ4n) is 5.18. The summed E-state index contributed by atoms with van der Waals surface area (Å²) in [4.78, 5) is 55.5. The number of urea groups is 1. The molecule has 0 spiro atoms. The maximum absolute atomic E-state index is 13.7. The number of carbonyl (C=O) groups excluding carboxylic acids is 4. The second-order valence-corrected chi connectivity index (χ2v) is 10.4. The van der Waals surface area contributed by atoms with Gasteiger partial charge in [-0.2, -0.15) is 0 Å². The Kier molecular flexibility index (Phi) is 11.5. The molecule has 2 aliphatic rings. The van der Waals surface area contributed by atoms with Crippen molar-refractivity contribution < 1.29 is 23.9 Å². The number of amides is 5. The van der Waals surface area contributed by atoms with E-state index in [9.17, 15) is 19.2 Å². The number of rotatable bonds is 14. The normalized spacial score (nSPS) is 17.5. The Labute approximate surface area is 257 Å². The molecule has 0 aliphatic carbocycles. The van der Waals surface area contributed by atoms with Crippen LogP contribution in [0.2, 0.25) is 0 Å². The average Bonchev–Trinajstić information content (AvgIpc) is 3.43. The van der Waals surface area contributed by atoms with Crippen molar-refractivity contribution >= 4 is 35.1 Å². The predicted octanol–water partition coefficient (Wildman–Crippen LogP) is 0.261. The van der Waals surface area contributed by atoms with Crippen LogP contribution in [0.1, 0.15) is 18.1 Å². The molecule has 2 aliphatic heterocycles. The summed E-state index contributed by atoms with van der Waals surface area (Å²) in [5, 5.41) is 13.2. The minimum Gasteiger partial charge on any atom is -0.383 e. The third-order valence-corrected chi connectivity index (χ3v) is 7.27. The van der Waals surface area contributed by atoms with Crippen molar-refractivity contribution in [1.82, 2.24) is 36.6 Å². The SMILES string of the molecule is C=CCNCC(=O)N1[C@@H](NC(=O)NCc2ccccc2)CN(Cc2cccc3c2N(CC(=O)NCCOC)NN3)C(=O)[C@@H]1C. The number of hydrogen-bond acceptors (Lipinski definition) is 9. The van der Waals surface area contributed by atoms with Gasteiger partial charge in [0.05, 0.1) is 31.1 Å². The molecule has 0 aromatic heterocycles. The van der Waals surface area contributed by atoms with Gasteiger partial charge >= 0.3 is 6.03 Å². The van der Waals surface area contributed by atoms with Crippen LogP contribution in [0.15, 0.2) is 61.2 Å². The lowest BCUT2D eigenvalue weighted by molar-refractivity contribution is -0.155. The monoisotopic (exact) mass is 607 g/mol. The van der Waals surface area contributed by atoms with Gasteiger partial charge in [-0.25, -0.2) is 4.79 Å². The number of para-hydroxylation sites is 1. The molecule has 4 rings (SSSR count). The Morgan fingerprint density at radius 2 is 1.91 bits per heavy atom. The number of fused-ring (bicyclic) bond motifs is 1. The van der Waals surface area contributed by atoms with E-state index in [1.54, 1.807) is 30.0 Å². The van der Waals surface area contributed by atoms with Gasteiger partial charge in [-0.05, 0) is 24.1 Å². The van der Waals surface area contributed by atoms with Crippen LogP contribution in [-0.4, -0.2) is 92.2 Å². The molecule has 2 heterocycles. The van der Waals surface area contributed by atoms with Crippen molar-refractivity contribution in [3.63, 3.8) is 0 Å². The fourth-order valence-corrected chi connectivity index (χ4v) is 5.18. The first-order valence-corrected chi connectivity index (χ1v) is 14.5. The summed E-state index contributed by atoms with van der Waals surface area (Å²) in [6.45, 7) is 7.09. The highest BCUT2D eigenvalue weighted by molar-refractivity contribution is 5.91. The first kappa shape index (κ1) is 32.3. The number of nitrogens with one attached hydrogen (secondary N) is 6. The van der Waals surface area contributed by atoms with E-state index in [-0.39, 0.29) is 43.9 Å². The average molecular weight is 608 g/mol. The highest BCUT2D eigenvalue weighted by Crippen LogP contribution is 2.34. The number of hydrogen-bond donors (Lipinski definition) is 6. The smallest absolute Gasteiger partial charge is 0.316 e. The van der Waals surface area contributed by atoms with E-state index in [1.165, 1.54) is 4.90 Å². The first-order chi connectivity index (χ1) is 21.3. The van der Waals surface area contributed by atoms with E-state index in [2.05, 4.69) is 38.8 Å². The summed E-state index contributed by atoms with van der Waals surface area (Å²) in [6, 6.07) is 13.8. The van der Waals surface area contributed by atoms with Gasteiger partial charge in [0.15, 0.2) is 0 Å². The van der Waals surface area contributed by atoms with Crippen LogP contribution in [0.4, 0.5) is 16.2 Å². The number of nitrogens with zero attached hydrogens (tertiary/aromatic N) is 3. The minimum atomic E-state index is -0.836.